The number of aliphatic hydroxyl groups is 1. The molecule has 3 heteroatoms. The highest BCUT2D eigenvalue weighted by Gasteiger charge is 2.06. The lowest BCUT2D eigenvalue weighted by Crippen LogP contribution is -1.97. The summed E-state index contributed by atoms with van der Waals surface area (Å²) in [4.78, 5) is 0. The van der Waals surface area contributed by atoms with Crippen LogP contribution < -0.4 is 4.74 Å². The van der Waals surface area contributed by atoms with Gasteiger partial charge in [-0.1, -0.05) is 6.07 Å². The average molecular weight is 246 g/mol. The van der Waals surface area contributed by atoms with Gasteiger partial charge in [0.05, 0.1) is 0 Å². The SMILES string of the molecule is Cc1cc(C)c(C)c(OCc2ccc(CO)o2)c1. The first-order chi connectivity index (χ1) is 8.60. The maximum Gasteiger partial charge on any atom is 0.146 e. The lowest BCUT2D eigenvalue weighted by atomic mass is 10.1. The molecule has 0 amide bonds. The van der Waals surface area contributed by atoms with Crippen molar-refractivity contribution < 1.29 is 14.3 Å². The third-order valence-corrected chi connectivity index (χ3v) is 3.01. The number of aliphatic hydroxyl groups excluding tert-OH is 1. The molecule has 0 aliphatic heterocycles. The van der Waals surface area contributed by atoms with Crippen molar-refractivity contribution in [3.05, 3.63) is 52.5 Å². The predicted molar refractivity (Wildman–Crippen MR) is 69.6 cm³/mol. The Balaban J connectivity index is 2.10. The zero-order valence-corrected chi connectivity index (χ0v) is 11.0. The van der Waals surface area contributed by atoms with Crippen molar-refractivity contribution >= 4 is 0 Å². The van der Waals surface area contributed by atoms with Gasteiger partial charge in [-0.3, -0.25) is 0 Å². The van der Waals surface area contributed by atoms with Gasteiger partial charge in [-0.15, -0.1) is 0 Å². The summed E-state index contributed by atoms with van der Waals surface area (Å²) in [5.74, 6) is 2.16. The zero-order chi connectivity index (χ0) is 13.1. The monoisotopic (exact) mass is 246 g/mol. The van der Waals surface area contributed by atoms with Crippen LogP contribution in [-0.4, -0.2) is 5.11 Å². The minimum absolute atomic E-state index is 0.0808. The van der Waals surface area contributed by atoms with E-state index in [0.29, 0.717) is 12.4 Å². The molecule has 1 N–H and O–H groups in total. The van der Waals surface area contributed by atoms with E-state index in [9.17, 15) is 0 Å². The molecule has 0 fully saturated rings. The van der Waals surface area contributed by atoms with Gasteiger partial charge >= 0.3 is 0 Å². The van der Waals surface area contributed by atoms with E-state index < -0.39 is 0 Å². The molecule has 1 heterocycles. The fourth-order valence-electron chi connectivity index (χ4n) is 1.88. The first kappa shape index (κ1) is 12.7. The standard InChI is InChI=1S/C15H18O3/c1-10-6-11(2)12(3)15(7-10)17-9-14-5-4-13(8-16)18-14/h4-7,16H,8-9H2,1-3H3. The van der Waals surface area contributed by atoms with E-state index in [1.807, 2.05) is 19.1 Å². The van der Waals surface area contributed by atoms with Crippen LogP contribution >= 0.6 is 0 Å². The molecule has 18 heavy (non-hydrogen) atoms. The van der Waals surface area contributed by atoms with Crippen LogP contribution in [0.2, 0.25) is 0 Å². The maximum absolute atomic E-state index is 8.92. The second-order valence-electron chi connectivity index (χ2n) is 4.52. The normalized spacial score (nSPS) is 10.7. The van der Waals surface area contributed by atoms with Crippen LogP contribution in [0.1, 0.15) is 28.2 Å². The van der Waals surface area contributed by atoms with Crippen molar-refractivity contribution in [1.82, 2.24) is 0 Å². The largest absolute Gasteiger partial charge is 0.485 e. The average Bonchev–Trinajstić information content (AvgIpc) is 2.80. The molecule has 96 valence electrons. The van der Waals surface area contributed by atoms with E-state index in [1.54, 1.807) is 6.07 Å². The van der Waals surface area contributed by atoms with Crippen LogP contribution in [0, 0.1) is 20.8 Å². The molecule has 0 saturated carbocycles. The van der Waals surface area contributed by atoms with E-state index in [0.717, 1.165) is 17.1 Å². The fourth-order valence-corrected chi connectivity index (χ4v) is 1.88. The Morgan fingerprint density at radius 2 is 1.83 bits per heavy atom. The molecule has 0 atom stereocenters. The Labute approximate surface area is 107 Å². The summed E-state index contributed by atoms with van der Waals surface area (Å²) in [6.07, 6.45) is 0. The van der Waals surface area contributed by atoms with Gasteiger partial charge < -0.3 is 14.3 Å². The smallest absolute Gasteiger partial charge is 0.146 e. The molecule has 0 bridgehead atoms. The van der Waals surface area contributed by atoms with Crippen molar-refractivity contribution in [2.24, 2.45) is 0 Å². The summed E-state index contributed by atoms with van der Waals surface area (Å²) in [6.45, 7) is 6.47. The van der Waals surface area contributed by atoms with Crippen molar-refractivity contribution in [1.29, 1.82) is 0 Å². The van der Waals surface area contributed by atoms with Gasteiger partial charge in [0.25, 0.3) is 0 Å². The van der Waals surface area contributed by atoms with Gasteiger partial charge in [-0.25, -0.2) is 0 Å². The highest BCUT2D eigenvalue weighted by Crippen LogP contribution is 2.24. The third kappa shape index (κ3) is 2.74. The van der Waals surface area contributed by atoms with E-state index in [-0.39, 0.29) is 6.61 Å². The lowest BCUT2D eigenvalue weighted by Gasteiger charge is -2.11. The molecule has 1 aromatic carbocycles. The van der Waals surface area contributed by atoms with Gasteiger partial charge in [-0.05, 0) is 55.7 Å². The predicted octanol–water partition coefficient (Wildman–Crippen LogP) is 3.28. The summed E-state index contributed by atoms with van der Waals surface area (Å²) in [5, 5.41) is 8.92. The van der Waals surface area contributed by atoms with Gasteiger partial charge in [0.15, 0.2) is 0 Å². The number of rotatable bonds is 4. The highest BCUT2D eigenvalue weighted by molar-refractivity contribution is 5.41. The Morgan fingerprint density at radius 1 is 1.11 bits per heavy atom. The first-order valence-corrected chi connectivity index (χ1v) is 5.99. The summed E-state index contributed by atoms with van der Waals surface area (Å²) >= 11 is 0. The molecule has 1 aromatic heterocycles. The molecule has 0 radical (unpaired) electrons. The number of furan rings is 1. The van der Waals surface area contributed by atoms with Crippen LogP contribution in [0.25, 0.3) is 0 Å². The number of hydrogen-bond acceptors (Lipinski definition) is 3. The molecule has 0 aliphatic rings. The van der Waals surface area contributed by atoms with Gasteiger partial charge in [0.2, 0.25) is 0 Å². The highest BCUT2D eigenvalue weighted by atomic mass is 16.5. The van der Waals surface area contributed by atoms with E-state index >= 15 is 0 Å². The summed E-state index contributed by atoms with van der Waals surface area (Å²) in [7, 11) is 0. The third-order valence-electron chi connectivity index (χ3n) is 3.01. The van der Waals surface area contributed by atoms with Crippen LogP contribution in [0.5, 0.6) is 5.75 Å². The minimum atomic E-state index is -0.0808. The number of benzene rings is 1. The van der Waals surface area contributed by atoms with Crippen molar-refractivity contribution in [3.63, 3.8) is 0 Å². The van der Waals surface area contributed by atoms with E-state index in [2.05, 4.69) is 19.9 Å². The van der Waals surface area contributed by atoms with Crippen LogP contribution in [-0.2, 0) is 13.2 Å². The molecule has 0 aliphatic carbocycles. The molecule has 0 unspecified atom stereocenters. The van der Waals surface area contributed by atoms with E-state index in [4.69, 9.17) is 14.3 Å². The van der Waals surface area contributed by atoms with Crippen molar-refractivity contribution in [3.8, 4) is 5.75 Å². The zero-order valence-electron chi connectivity index (χ0n) is 11.0. The van der Waals surface area contributed by atoms with Crippen molar-refractivity contribution in [2.75, 3.05) is 0 Å². The minimum Gasteiger partial charge on any atom is -0.485 e. The Kier molecular flexibility index (Phi) is 3.72. The molecule has 0 spiro atoms. The summed E-state index contributed by atoms with van der Waals surface area (Å²) in [5.41, 5.74) is 3.55. The number of aryl methyl sites for hydroxylation is 2. The molecule has 2 aromatic rings. The quantitative estimate of drug-likeness (QED) is 0.900. The summed E-state index contributed by atoms with van der Waals surface area (Å²) < 4.78 is 11.1. The van der Waals surface area contributed by atoms with Crippen LogP contribution in [0.3, 0.4) is 0 Å². The topological polar surface area (TPSA) is 42.6 Å². The fraction of sp³-hybridized carbons (Fsp3) is 0.333. The van der Waals surface area contributed by atoms with Crippen LogP contribution in [0.15, 0.2) is 28.7 Å². The molecule has 0 saturated heterocycles. The molecular formula is C15H18O3. The Bertz CT molecular complexity index is 541. The van der Waals surface area contributed by atoms with Crippen LogP contribution in [0.4, 0.5) is 0 Å². The van der Waals surface area contributed by atoms with Gasteiger partial charge in [0.1, 0.15) is 30.5 Å². The lowest BCUT2D eigenvalue weighted by molar-refractivity contribution is 0.224. The molecule has 2 rings (SSSR count). The second-order valence-corrected chi connectivity index (χ2v) is 4.52. The maximum atomic E-state index is 8.92. The Morgan fingerprint density at radius 3 is 2.50 bits per heavy atom. The molecule has 3 nitrogen and oxygen atoms in total. The van der Waals surface area contributed by atoms with E-state index in [1.165, 1.54) is 11.1 Å². The Hall–Kier alpha value is -1.74. The van der Waals surface area contributed by atoms with Gasteiger partial charge in [0, 0.05) is 0 Å². The van der Waals surface area contributed by atoms with Crippen molar-refractivity contribution in [2.45, 2.75) is 34.0 Å². The second kappa shape index (κ2) is 5.27. The number of ether oxygens (including phenoxy) is 1. The summed E-state index contributed by atoms with van der Waals surface area (Å²) in [6, 6.07) is 7.74. The number of hydrogen-bond donors (Lipinski definition) is 1. The van der Waals surface area contributed by atoms with Gasteiger partial charge in [-0.2, -0.15) is 0 Å². The first-order valence-electron chi connectivity index (χ1n) is 5.99. The molecular weight excluding hydrogens is 228 g/mol.